The maximum absolute atomic E-state index is 12.7. The van der Waals surface area contributed by atoms with Gasteiger partial charge >= 0.3 is 5.69 Å². The molecule has 1 saturated heterocycles. The van der Waals surface area contributed by atoms with Crippen LogP contribution in [0, 0.1) is 18.3 Å². The molecule has 2 aromatic carbocycles. The lowest BCUT2D eigenvalue weighted by Crippen LogP contribution is -2.49. The molecule has 180 valence electrons. The van der Waals surface area contributed by atoms with E-state index in [0.29, 0.717) is 22.5 Å². The van der Waals surface area contributed by atoms with Crippen LogP contribution >= 0.6 is 0 Å². The lowest BCUT2D eigenvalue weighted by Gasteiger charge is -2.43. The molecule has 0 unspecified atom stereocenters. The van der Waals surface area contributed by atoms with E-state index in [-0.39, 0.29) is 11.3 Å². The molecule has 2 heterocycles. The number of hydrogen-bond donors (Lipinski definition) is 1. The molecule has 0 spiro atoms. The molecule has 7 nitrogen and oxygen atoms in total. The van der Waals surface area contributed by atoms with Gasteiger partial charge in [-0.2, -0.15) is 0 Å². The van der Waals surface area contributed by atoms with Crippen LogP contribution in [0.4, 0.5) is 0 Å². The second-order valence-corrected chi connectivity index (χ2v) is 10.2. The molecule has 1 N–H and O–H groups in total. The molecule has 1 aromatic heterocycles. The summed E-state index contributed by atoms with van der Waals surface area (Å²) in [5, 5.41) is 0. The minimum absolute atomic E-state index is 0.00568. The second-order valence-electron chi connectivity index (χ2n) is 9.92. The molecule has 0 aliphatic carbocycles. The fourth-order valence-corrected chi connectivity index (χ4v) is 5.23. The fourth-order valence-electron chi connectivity index (χ4n) is 4.97. The van der Waals surface area contributed by atoms with E-state index in [1.807, 2.05) is 60.7 Å². The third-order valence-electron chi connectivity index (χ3n) is 6.71. The Hall–Kier alpha value is -2.78. The molecule has 8 heteroatoms. The molecule has 3 atom stereocenters. The SMILES string of the molecule is Cc1cn([C@H]2C[C@H](C(C)(C)C)[C@@H](C(OO[SiH3])(c3ccccc3)c3ccccc3)O2)c(=O)[nH]c1=O. The van der Waals surface area contributed by atoms with E-state index in [2.05, 4.69) is 25.8 Å². The summed E-state index contributed by atoms with van der Waals surface area (Å²) < 4.78 is 13.8. The van der Waals surface area contributed by atoms with Crippen molar-refractivity contribution in [3.8, 4) is 0 Å². The van der Waals surface area contributed by atoms with Gasteiger partial charge in [0.15, 0.2) is 16.1 Å². The molecular weight excluding hydrogens is 448 g/mol. The molecular formula is C26H32N2O5Si. The summed E-state index contributed by atoms with van der Waals surface area (Å²) in [7, 11) is 0.370. The minimum atomic E-state index is -1.06. The first-order valence-corrected chi connectivity index (χ1v) is 12.3. The first-order chi connectivity index (χ1) is 16.2. The van der Waals surface area contributed by atoms with Crippen molar-refractivity contribution in [2.24, 2.45) is 11.3 Å². The van der Waals surface area contributed by atoms with Gasteiger partial charge in [-0.3, -0.25) is 18.9 Å². The van der Waals surface area contributed by atoms with Gasteiger partial charge in [0.05, 0.1) is 0 Å². The Bertz CT molecular complexity index is 1190. The van der Waals surface area contributed by atoms with Crippen molar-refractivity contribution in [3.63, 3.8) is 0 Å². The topological polar surface area (TPSA) is 82.6 Å². The summed E-state index contributed by atoms with van der Waals surface area (Å²) in [5.74, 6) is -0.00568. The number of nitrogens with one attached hydrogen (secondary N) is 1. The van der Waals surface area contributed by atoms with Crippen LogP contribution in [0.15, 0.2) is 76.4 Å². The summed E-state index contributed by atoms with van der Waals surface area (Å²) in [5.41, 5.74) is 0.152. The number of ether oxygens (including phenoxy) is 1. The molecule has 1 fully saturated rings. The molecule has 0 bridgehead atoms. The maximum atomic E-state index is 12.7. The van der Waals surface area contributed by atoms with Gasteiger partial charge in [-0.15, -0.1) is 0 Å². The number of benzene rings is 2. The average Bonchev–Trinajstić information content (AvgIpc) is 3.27. The molecule has 3 aromatic rings. The van der Waals surface area contributed by atoms with Crippen LogP contribution in [0.5, 0.6) is 0 Å². The van der Waals surface area contributed by atoms with Crippen LogP contribution in [0.1, 0.15) is 50.1 Å². The Morgan fingerprint density at radius 3 is 2.06 bits per heavy atom. The largest absolute Gasteiger partial charge is 0.350 e. The number of hydrogen-bond acceptors (Lipinski definition) is 5. The van der Waals surface area contributed by atoms with Crippen molar-refractivity contribution in [3.05, 3.63) is 104 Å². The highest BCUT2D eigenvalue weighted by atomic mass is 28.2. The lowest BCUT2D eigenvalue weighted by atomic mass is 9.68. The predicted molar refractivity (Wildman–Crippen MR) is 133 cm³/mol. The number of nitrogens with zero attached hydrogens (tertiary/aromatic N) is 1. The number of H-pyrrole nitrogens is 1. The number of aromatic amines is 1. The van der Waals surface area contributed by atoms with Crippen molar-refractivity contribution in [1.29, 1.82) is 0 Å². The van der Waals surface area contributed by atoms with Crippen LogP contribution in [0.3, 0.4) is 0 Å². The van der Waals surface area contributed by atoms with Gasteiger partial charge in [0.25, 0.3) is 5.56 Å². The summed E-state index contributed by atoms with van der Waals surface area (Å²) in [6.07, 6.45) is 1.10. The van der Waals surface area contributed by atoms with Crippen LogP contribution in [-0.2, 0) is 19.8 Å². The van der Waals surface area contributed by atoms with Crippen molar-refractivity contribution in [1.82, 2.24) is 9.55 Å². The Kier molecular flexibility index (Phi) is 6.77. The minimum Gasteiger partial charge on any atom is -0.350 e. The third-order valence-corrected chi connectivity index (χ3v) is 6.88. The van der Waals surface area contributed by atoms with Crippen molar-refractivity contribution in [2.45, 2.75) is 52.0 Å². The Balaban J connectivity index is 1.93. The Labute approximate surface area is 202 Å². The summed E-state index contributed by atoms with van der Waals surface area (Å²) in [6.45, 7) is 8.18. The number of aromatic nitrogens is 2. The van der Waals surface area contributed by atoms with Crippen LogP contribution in [0.2, 0.25) is 0 Å². The smallest absolute Gasteiger partial charge is 0.330 e. The third kappa shape index (κ3) is 4.34. The summed E-state index contributed by atoms with van der Waals surface area (Å²) >= 11 is 0. The maximum Gasteiger partial charge on any atom is 0.330 e. The van der Waals surface area contributed by atoms with Gasteiger partial charge in [-0.05, 0) is 35.8 Å². The van der Waals surface area contributed by atoms with Gasteiger partial charge in [-0.1, -0.05) is 81.4 Å². The zero-order valence-electron chi connectivity index (χ0n) is 20.3. The van der Waals surface area contributed by atoms with Crippen molar-refractivity contribution < 1.29 is 14.2 Å². The highest BCUT2D eigenvalue weighted by molar-refractivity contribution is 5.97. The molecule has 1 aliphatic heterocycles. The monoisotopic (exact) mass is 480 g/mol. The molecule has 0 amide bonds. The lowest BCUT2D eigenvalue weighted by molar-refractivity contribution is -0.317. The van der Waals surface area contributed by atoms with E-state index in [1.165, 1.54) is 4.57 Å². The van der Waals surface area contributed by atoms with Crippen LogP contribution in [-0.4, -0.2) is 26.1 Å². The standard InChI is InChI=1S/C26H32N2O5Si/c1-17-16-28(24(30)27-23(17)29)21-15-20(25(2,3)4)22(31-21)26(32-33-34,18-11-7-5-8-12-18)19-13-9-6-10-14-19/h5-14,16,20-22H,15H2,1-4,34H3,(H,27,29,30)/t20-,21+,22-/m0/s1. The Morgan fingerprint density at radius 1 is 1.00 bits per heavy atom. The van der Waals surface area contributed by atoms with E-state index < -0.39 is 29.2 Å². The normalized spacial score (nSPS) is 21.1. The highest BCUT2D eigenvalue weighted by Crippen LogP contribution is 2.53. The van der Waals surface area contributed by atoms with E-state index in [4.69, 9.17) is 14.2 Å². The van der Waals surface area contributed by atoms with Gasteiger partial charge in [0.1, 0.15) is 12.3 Å². The zero-order chi connectivity index (χ0) is 24.5. The molecule has 34 heavy (non-hydrogen) atoms. The quantitative estimate of drug-likeness (QED) is 0.333. The molecule has 4 rings (SSSR count). The van der Waals surface area contributed by atoms with Gasteiger partial charge < -0.3 is 4.74 Å². The number of aryl methyl sites for hydroxylation is 1. The van der Waals surface area contributed by atoms with E-state index in [1.54, 1.807) is 13.1 Å². The van der Waals surface area contributed by atoms with Crippen LogP contribution < -0.4 is 11.2 Å². The Morgan fingerprint density at radius 2 is 1.56 bits per heavy atom. The van der Waals surface area contributed by atoms with E-state index >= 15 is 0 Å². The van der Waals surface area contributed by atoms with Crippen molar-refractivity contribution in [2.75, 3.05) is 0 Å². The summed E-state index contributed by atoms with van der Waals surface area (Å²) in [6, 6.07) is 19.9. The van der Waals surface area contributed by atoms with E-state index in [9.17, 15) is 9.59 Å². The molecule has 0 radical (unpaired) electrons. The van der Waals surface area contributed by atoms with Crippen LogP contribution in [0.25, 0.3) is 0 Å². The first-order valence-electron chi connectivity index (χ1n) is 11.5. The van der Waals surface area contributed by atoms with Gasteiger partial charge in [-0.25, -0.2) is 9.68 Å². The molecule has 1 aliphatic rings. The van der Waals surface area contributed by atoms with Gasteiger partial charge in [0, 0.05) is 11.8 Å². The molecule has 0 saturated carbocycles. The first kappa shape index (κ1) is 24.3. The number of rotatable bonds is 6. The van der Waals surface area contributed by atoms with E-state index in [0.717, 1.165) is 11.1 Å². The predicted octanol–water partition coefficient (Wildman–Crippen LogP) is 2.97. The zero-order valence-corrected chi connectivity index (χ0v) is 22.3. The van der Waals surface area contributed by atoms with Crippen molar-refractivity contribution >= 4 is 10.5 Å². The second kappa shape index (κ2) is 9.46. The van der Waals surface area contributed by atoms with Gasteiger partial charge in [0.2, 0.25) is 0 Å². The fraction of sp³-hybridized carbons (Fsp3) is 0.385. The average molecular weight is 481 g/mol. The highest BCUT2D eigenvalue weighted by Gasteiger charge is 2.56. The summed E-state index contributed by atoms with van der Waals surface area (Å²) in [4.78, 5) is 33.4.